The molecule has 4 rings (SSSR count). The molecule has 0 radical (unpaired) electrons. The molecule has 2 heterocycles. The summed E-state index contributed by atoms with van der Waals surface area (Å²) in [7, 11) is 0. The first-order valence-electron chi connectivity index (χ1n) is 8.06. The van der Waals surface area contributed by atoms with Gasteiger partial charge in [-0.1, -0.05) is 0 Å². The molecule has 1 spiro atoms. The minimum atomic E-state index is -1.58. The number of halogens is 3. The summed E-state index contributed by atoms with van der Waals surface area (Å²) >= 11 is 0. The van der Waals surface area contributed by atoms with Gasteiger partial charge in [0.25, 0.3) is 0 Å². The average Bonchev–Trinajstić information content (AvgIpc) is 2.93. The minimum Gasteiger partial charge on any atom is -0.487 e. The lowest BCUT2D eigenvalue weighted by Crippen LogP contribution is -2.70. The van der Waals surface area contributed by atoms with Crippen LogP contribution in [0.5, 0.6) is 5.75 Å². The van der Waals surface area contributed by atoms with Crippen molar-refractivity contribution in [2.24, 2.45) is 0 Å². The molecule has 26 heavy (non-hydrogen) atoms. The highest BCUT2D eigenvalue weighted by molar-refractivity contribution is 5.74. The molecule has 2 aliphatic heterocycles. The predicted molar refractivity (Wildman–Crippen MR) is 79.0 cm³/mol. The van der Waals surface area contributed by atoms with Crippen molar-refractivity contribution in [3.63, 3.8) is 0 Å². The zero-order valence-corrected chi connectivity index (χ0v) is 13.5. The zero-order chi connectivity index (χ0) is 18.5. The van der Waals surface area contributed by atoms with Crippen LogP contribution in [-0.2, 0) is 9.47 Å². The molecule has 1 N–H and O–H groups in total. The Bertz CT molecular complexity index is 762. The van der Waals surface area contributed by atoms with E-state index in [2.05, 4.69) is 5.32 Å². The van der Waals surface area contributed by atoms with Crippen molar-refractivity contribution in [2.75, 3.05) is 19.7 Å². The summed E-state index contributed by atoms with van der Waals surface area (Å²) in [4.78, 5) is 24.5. The van der Waals surface area contributed by atoms with Crippen LogP contribution in [0.1, 0.15) is 12.8 Å². The number of rotatable bonds is 3. The summed E-state index contributed by atoms with van der Waals surface area (Å²) in [5, 5.41) is 2.66. The molecule has 10 heteroatoms. The van der Waals surface area contributed by atoms with Gasteiger partial charge in [-0.2, -0.15) is 4.39 Å². The maximum atomic E-state index is 13.6. The number of cyclic esters (lactones) is 1. The van der Waals surface area contributed by atoms with Crippen molar-refractivity contribution in [2.45, 2.75) is 30.6 Å². The monoisotopic (exact) mass is 372 g/mol. The molecular formula is C16H15F3N2O5. The SMILES string of the molecule is O=C1NC2(CO1)CN(C(=O)O[C@H]1C[C@@H](Oc3ccc(F)c(F)c3F)C1)C2. The quantitative estimate of drug-likeness (QED) is 0.821. The fourth-order valence-electron chi connectivity index (χ4n) is 3.18. The Morgan fingerprint density at radius 3 is 2.58 bits per heavy atom. The second kappa shape index (κ2) is 5.96. The van der Waals surface area contributed by atoms with E-state index in [4.69, 9.17) is 14.2 Å². The van der Waals surface area contributed by atoms with Gasteiger partial charge in [-0.05, 0) is 12.1 Å². The van der Waals surface area contributed by atoms with Crippen LogP contribution in [0.4, 0.5) is 22.8 Å². The summed E-state index contributed by atoms with van der Waals surface area (Å²) < 4.78 is 55.0. The van der Waals surface area contributed by atoms with Gasteiger partial charge >= 0.3 is 12.2 Å². The van der Waals surface area contributed by atoms with Crippen LogP contribution in [-0.4, -0.2) is 54.5 Å². The average molecular weight is 372 g/mol. The number of likely N-dealkylation sites (tertiary alicyclic amines) is 1. The van der Waals surface area contributed by atoms with Gasteiger partial charge in [-0.15, -0.1) is 0 Å². The van der Waals surface area contributed by atoms with E-state index in [9.17, 15) is 22.8 Å². The molecule has 2 saturated heterocycles. The fraction of sp³-hybridized carbons (Fsp3) is 0.500. The van der Waals surface area contributed by atoms with Gasteiger partial charge in [-0.25, -0.2) is 18.4 Å². The predicted octanol–water partition coefficient (Wildman–Crippen LogP) is 1.94. The van der Waals surface area contributed by atoms with Gasteiger partial charge in [-0.3, -0.25) is 0 Å². The van der Waals surface area contributed by atoms with Crippen LogP contribution >= 0.6 is 0 Å². The molecule has 1 aromatic rings. The van der Waals surface area contributed by atoms with Crippen molar-refractivity contribution in [1.82, 2.24) is 10.2 Å². The Balaban J connectivity index is 1.22. The van der Waals surface area contributed by atoms with Crippen molar-refractivity contribution in [1.29, 1.82) is 0 Å². The summed E-state index contributed by atoms with van der Waals surface area (Å²) in [6, 6.07) is 1.81. The number of hydrogen-bond donors (Lipinski definition) is 1. The lowest BCUT2D eigenvalue weighted by Gasteiger charge is -2.46. The lowest BCUT2D eigenvalue weighted by molar-refractivity contribution is -0.0509. The number of benzene rings is 1. The highest BCUT2D eigenvalue weighted by Crippen LogP contribution is 2.32. The van der Waals surface area contributed by atoms with Crippen molar-refractivity contribution in [3.05, 3.63) is 29.6 Å². The van der Waals surface area contributed by atoms with Crippen molar-refractivity contribution < 1.29 is 37.0 Å². The first-order chi connectivity index (χ1) is 12.3. The molecule has 140 valence electrons. The lowest BCUT2D eigenvalue weighted by atomic mass is 9.91. The van der Waals surface area contributed by atoms with Gasteiger partial charge < -0.3 is 24.4 Å². The third-order valence-corrected chi connectivity index (χ3v) is 4.70. The van der Waals surface area contributed by atoms with Gasteiger partial charge in [0, 0.05) is 12.8 Å². The van der Waals surface area contributed by atoms with E-state index in [1.807, 2.05) is 0 Å². The highest BCUT2D eigenvalue weighted by Gasteiger charge is 2.52. The van der Waals surface area contributed by atoms with Gasteiger partial charge in [0.2, 0.25) is 5.82 Å². The van der Waals surface area contributed by atoms with Gasteiger partial charge in [0.15, 0.2) is 17.4 Å². The summed E-state index contributed by atoms with van der Waals surface area (Å²) in [6.45, 7) is 0.837. The largest absolute Gasteiger partial charge is 0.487 e. The van der Waals surface area contributed by atoms with Crippen LogP contribution < -0.4 is 10.1 Å². The highest BCUT2D eigenvalue weighted by atomic mass is 19.2. The van der Waals surface area contributed by atoms with Crippen LogP contribution in [0.15, 0.2) is 12.1 Å². The number of nitrogens with one attached hydrogen (secondary N) is 1. The minimum absolute atomic E-state index is 0.217. The molecule has 0 bridgehead atoms. The summed E-state index contributed by atoms with van der Waals surface area (Å²) in [5.74, 6) is -4.62. The number of carbonyl (C=O) groups is 2. The van der Waals surface area contributed by atoms with Crippen LogP contribution in [0, 0.1) is 17.5 Å². The smallest absolute Gasteiger partial charge is 0.410 e. The number of ether oxygens (including phenoxy) is 3. The third-order valence-electron chi connectivity index (χ3n) is 4.70. The van der Waals surface area contributed by atoms with E-state index < -0.39 is 47.4 Å². The zero-order valence-electron chi connectivity index (χ0n) is 13.5. The van der Waals surface area contributed by atoms with Gasteiger partial charge in [0.1, 0.15) is 24.4 Å². The van der Waals surface area contributed by atoms with E-state index in [0.717, 1.165) is 12.1 Å². The fourth-order valence-corrected chi connectivity index (χ4v) is 3.18. The van der Waals surface area contributed by atoms with Crippen LogP contribution in [0.3, 0.4) is 0 Å². The van der Waals surface area contributed by atoms with E-state index in [0.29, 0.717) is 25.9 Å². The molecule has 0 atom stereocenters. The van der Waals surface area contributed by atoms with Crippen LogP contribution in [0.25, 0.3) is 0 Å². The second-order valence-electron chi connectivity index (χ2n) is 6.73. The Morgan fingerprint density at radius 1 is 1.19 bits per heavy atom. The molecule has 3 fully saturated rings. The Hall–Kier alpha value is -2.65. The van der Waals surface area contributed by atoms with Gasteiger partial charge in [0.05, 0.1) is 13.1 Å². The Kier molecular flexibility index (Phi) is 3.85. The summed E-state index contributed by atoms with van der Waals surface area (Å²) in [5.41, 5.74) is -0.522. The number of nitrogens with zero attached hydrogens (tertiary/aromatic N) is 1. The number of hydrogen-bond acceptors (Lipinski definition) is 5. The van der Waals surface area contributed by atoms with Crippen molar-refractivity contribution in [3.8, 4) is 5.75 Å². The first-order valence-corrected chi connectivity index (χ1v) is 8.06. The Labute approximate surface area is 146 Å². The Morgan fingerprint density at radius 2 is 1.92 bits per heavy atom. The number of carbonyl (C=O) groups excluding carboxylic acids is 2. The first kappa shape index (κ1) is 16.8. The van der Waals surface area contributed by atoms with E-state index in [1.54, 1.807) is 0 Å². The summed E-state index contributed by atoms with van der Waals surface area (Å²) in [6.07, 6.45) is -1.21. The topological polar surface area (TPSA) is 77.1 Å². The maximum absolute atomic E-state index is 13.6. The van der Waals surface area contributed by atoms with E-state index >= 15 is 0 Å². The molecule has 2 amide bonds. The third kappa shape index (κ3) is 2.89. The molecule has 3 aliphatic rings. The standard InChI is InChI=1S/C16H15F3N2O5/c17-10-1-2-11(13(19)12(10)18)25-8-3-9(4-8)26-15(23)21-5-16(6-21)7-24-14(22)20-16/h1-2,8-9H,3-7H2,(H,20,22)/t8-,9+. The van der Waals surface area contributed by atoms with E-state index in [1.165, 1.54) is 4.90 Å². The molecule has 1 saturated carbocycles. The number of amides is 2. The van der Waals surface area contributed by atoms with Crippen molar-refractivity contribution >= 4 is 12.2 Å². The molecule has 7 nitrogen and oxygen atoms in total. The molecule has 1 aliphatic carbocycles. The molecule has 0 unspecified atom stereocenters. The molecule has 0 aromatic heterocycles. The maximum Gasteiger partial charge on any atom is 0.410 e. The molecular weight excluding hydrogens is 357 g/mol. The second-order valence-corrected chi connectivity index (χ2v) is 6.73. The normalized spacial score (nSPS) is 25.8. The molecule has 1 aromatic carbocycles. The number of alkyl carbamates (subject to hydrolysis) is 1. The van der Waals surface area contributed by atoms with Crippen LogP contribution in [0.2, 0.25) is 0 Å². The van der Waals surface area contributed by atoms with E-state index in [-0.39, 0.29) is 12.4 Å².